The van der Waals surface area contributed by atoms with Gasteiger partial charge in [0.15, 0.2) is 5.76 Å². The Hall–Kier alpha value is -1.25. The van der Waals surface area contributed by atoms with Crippen LogP contribution in [0.1, 0.15) is 56.5 Å². The highest BCUT2D eigenvalue weighted by Gasteiger charge is 2.28. The van der Waals surface area contributed by atoms with E-state index in [2.05, 4.69) is 13.8 Å². The number of carbonyl (C=O) groups excluding carboxylic acids is 1. The maximum absolute atomic E-state index is 12.4. The Morgan fingerprint density at radius 2 is 2.17 bits per heavy atom. The van der Waals surface area contributed by atoms with Crippen LogP contribution < -0.4 is 0 Å². The lowest BCUT2D eigenvalue weighted by atomic mass is 10.1. The summed E-state index contributed by atoms with van der Waals surface area (Å²) in [6.07, 6.45) is 7.41. The summed E-state index contributed by atoms with van der Waals surface area (Å²) in [5.74, 6) is 1.16. The van der Waals surface area contributed by atoms with Crippen molar-refractivity contribution in [2.24, 2.45) is 5.92 Å². The molecule has 1 fully saturated rings. The molecular formula is C15H23NO2. The third-order valence-corrected chi connectivity index (χ3v) is 3.71. The van der Waals surface area contributed by atoms with E-state index < -0.39 is 0 Å². The van der Waals surface area contributed by atoms with E-state index in [1.165, 1.54) is 12.8 Å². The van der Waals surface area contributed by atoms with Crippen LogP contribution in [0.3, 0.4) is 0 Å². The molecule has 0 N–H and O–H groups in total. The van der Waals surface area contributed by atoms with Crippen molar-refractivity contribution in [2.75, 3.05) is 6.54 Å². The molecule has 1 aliphatic carbocycles. The van der Waals surface area contributed by atoms with Crippen LogP contribution >= 0.6 is 0 Å². The molecule has 1 aromatic heterocycles. The van der Waals surface area contributed by atoms with Gasteiger partial charge in [0.1, 0.15) is 0 Å². The average molecular weight is 249 g/mol. The minimum atomic E-state index is 0.0625. The molecular weight excluding hydrogens is 226 g/mol. The van der Waals surface area contributed by atoms with E-state index in [0.717, 1.165) is 25.8 Å². The summed E-state index contributed by atoms with van der Waals surface area (Å²) >= 11 is 0. The summed E-state index contributed by atoms with van der Waals surface area (Å²) in [5, 5.41) is 0. The molecule has 1 aromatic rings. The van der Waals surface area contributed by atoms with Crippen LogP contribution in [0, 0.1) is 5.92 Å². The number of amides is 1. The van der Waals surface area contributed by atoms with E-state index in [-0.39, 0.29) is 5.91 Å². The predicted octanol–water partition coefficient (Wildman–Crippen LogP) is 3.71. The molecule has 1 amide bonds. The second kappa shape index (κ2) is 6.07. The second-order valence-electron chi connectivity index (χ2n) is 5.60. The maximum Gasteiger partial charge on any atom is 0.289 e. The molecule has 3 nitrogen and oxygen atoms in total. The third-order valence-electron chi connectivity index (χ3n) is 3.71. The molecule has 0 bridgehead atoms. The Morgan fingerprint density at radius 1 is 1.44 bits per heavy atom. The molecule has 0 aromatic carbocycles. The molecule has 0 radical (unpaired) electrons. The van der Waals surface area contributed by atoms with E-state index in [9.17, 15) is 4.79 Å². The van der Waals surface area contributed by atoms with E-state index >= 15 is 0 Å². The van der Waals surface area contributed by atoms with Crippen LogP contribution in [0.5, 0.6) is 0 Å². The summed E-state index contributed by atoms with van der Waals surface area (Å²) in [6.45, 7) is 5.25. The van der Waals surface area contributed by atoms with E-state index in [0.29, 0.717) is 17.7 Å². The van der Waals surface area contributed by atoms with E-state index in [1.807, 2.05) is 4.90 Å². The van der Waals surface area contributed by atoms with Crippen LogP contribution in [-0.4, -0.2) is 23.4 Å². The molecule has 1 heterocycles. The number of rotatable bonds is 5. The smallest absolute Gasteiger partial charge is 0.289 e. The zero-order valence-electron chi connectivity index (χ0n) is 11.4. The van der Waals surface area contributed by atoms with Crippen LogP contribution in [-0.2, 0) is 0 Å². The van der Waals surface area contributed by atoms with Gasteiger partial charge in [-0.2, -0.15) is 0 Å². The van der Waals surface area contributed by atoms with Crippen molar-refractivity contribution < 1.29 is 9.21 Å². The zero-order chi connectivity index (χ0) is 13.0. The Kier molecular flexibility index (Phi) is 4.45. The van der Waals surface area contributed by atoms with Crippen molar-refractivity contribution >= 4 is 5.91 Å². The highest BCUT2D eigenvalue weighted by molar-refractivity contribution is 5.91. The van der Waals surface area contributed by atoms with Crippen LogP contribution in [0.4, 0.5) is 0 Å². The average Bonchev–Trinajstić information content (AvgIpc) is 3.01. The fraction of sp³-hybridized carbons (Fsp3) is 0.667. The minimum Gasteiger partial charge on any atom is -0.459 e. The van der Waals surface area contributed by atoms with Gasteiger partial charge in [-0.25, -0.2) is 0 Å². The SMILES string of the molecule is CC(C)CCN(C(=O)c1ccco1)C1CCCC1. The molecule has 0 atom stereocenters. The largest absolute Gasteiger partial charge is 0.459 e. The van der Waals surface area contributed by atoms with Crippen molar-refractivity contribution in [1.82, 2.24) is 4.90 Å². The summed E-state index contributed by atoms with van der Waals surface area (Å²) in [4.78, 5) is 14.5. The quantitative estimate of drug-likeness (QED) is 0.797. The summed E-state index contributed by atoms with van der Waals surface area (Å²) < 4.78 is 5.25. The normalized spacial score (nSPS) is 16.4. The first kappa shape index (κ1) is 13.2. The lowest BCUT2D eigenvalue weighted by Crippen LogP contribution is -2.39. The Morgan fingerprint density at radius 3 is 2.72 bits per heavy atom. The van der Waals surface area contributed by atoms with Gasteiger partial charge < -0.3 is 9.32 Å². The van der Waals surface area contributed by atoms with Crippen LogP contribution in [0.25, 0.3) is 0 Å². The maximum atomic E-state index is 12.4. The van der Waals surface area contributed by atoms with Crippen LogP contribution in [0.2, 0.25) is 0 Å². The number of hydrogen-bond donors (Lipinski definition) is 0. The van der Waals surface area contributed by atoms with Gasteiger partial charge in [-0.1, -0.05) is 26.7 Å². The monoisotopic (exact) mass is 249 g/mol. The molecule has 100 valence electrons. The highest BCUT2D eigenvalue weighted by Crippen LogP contribution is 2.25. The predicted molar refractivity (Wildman–Crippen MR) is 71.5 cm³/mol. The Bertz CT molecular complexity index is 364. The van der Waals surface area contributed by atoms with Gasteiger partial charge in [-0.3, -0.25) is 4.79 Å². The number of carbonyl (C=O) groups is 1. The second-order valence-corrected chi connectivity index (χ2v) is 5.60. The fourth-order valence-electron chi connectivity index (χ4n) is 2.60. The molecule has 3 heteroatoms. The number of furan rings is 1. The highest BCUT2D eigenvalue weighted by atomic mass is 16.3. The molecule has 0 unspecified atom stereocenters. The molecule has 0 spiro atoms. The van der Waals surface area contributed by atoms with Crippen molar-refractivity contribution in [3.05, 3.63) is 24.2 Å². The zero-order valence-corrected chi connectivity index (χ0v) is 11.4. The summed E-state index contributed by atoms with van der Waals surface area (Å²) in [6, 6.07) is 3.96. The number of nitrogens with zero attached hydrogens (tertiary/aromatic N) is 1. The summed E-state index contributed by atoms with van der Waals surface area (Å²) in [7, 11) is 0. The molecule has 0 saturated heterocycles. The first-order chi connectivity index (χ1) is 8.68. The minimum absolute atomic E-state index is 0.0625. The molecule has 1 saturated carbocycles. The van der Waals surface area contributed by atoms with Gasteiger partial charge in [0.2, 0.25) is 0 Å². The van der Waals surface area contributed by atoms with Crippen molar-refractivity contribution in [1.29, 1.82) is 0 Å². The fourth-order valence-corrected chi connectivity index (χ4v) is 2.60. The van der Waals surface area contributed by atoms with E-state index in [1.54, 1.807) is 18.4 Å². The Balaban J connectivity index is 2.05. The lowest BCUT2D eigenvalue weighted by molar-refractivity contribution is 0.0639. The van der Waals surface area contributed by atoms with Gasteiger partial charge in [0, 0.05) is 12.6 Å². The topological polar surface area (TPSA) is 33.5 Å². The molecule has 1 aliphatic rings. The van der Waals surface area contributed by atoms with E-state index in [4.69, 9.17) is 4.42 Å². The van der Waals surface area contributed by atoms with Gasteiger partial charge in [0.25, 0.3) is 5.91 Å². The third kappa shape index (κ3) is 3.15. The Labute approximate surface area is 109 Å². The summed E-state index contributed by atoms with van der Waals surface area (Å²) in [5.41, 5.74) is 0. The van der Waals surface area contributed by atoms with Crippen molar-refractivity contribution in [3.63, 3.8) is 0 Å². The first-order valence-electron chi connectivity index (χ1n) is 7.03. The van der Waals surface area contributed by atoms with Gasteiger partial charge in [0.05, 0.1) is 6.26 Å². The number of hydrogen-bond acceptors (Lipinski definition) is 2. The van der Waals surface area contributed by atoms with Crippen molar-refractivity contribution in [3.8, 4) is 0 Å². The van der Waals surface area contributed by atoms with Crippen LogP contribution in [0.15, 0.2) is 22.8 Å². The first-order valence-corrected chi connectivity index (χ1v) is 7.03. The molecule has 18 heavy (non-hydrogen) atoms. The molecule has 0 aliphatic heterocycles. The standard InChI is InChI=1S/C15H23NO2/c1-12(2)9-10-16(13-6-3-4-7-13)15(17)14-8-5-11-18-14/h5,8,11-13H,3-4,6-7,9-10H2,1-2H3. The lowest BCUT2D eigenvalue weighted by Gasteiger charge is -2.29. The van der Waals surface area contributed by atoms with Gasteiger partial charge in [-0.15, -0.1) is 0 Å². The molecule has 2 rings (SSSR count). The van der Waals surface area contributed by atoms with Crippen molar-refractivity contribution in [2.45, 2.75) is 52.0 Å². The van der Waals surface area contributed by atoms with Gasteiger partial charge >= 0.3 is 0 Å². The van der Waals surface area contributed by atoms with Gasteiger partial charge in [-0.05, 0) is 37.3 Å².